The molecule has 124 valence electrons. The molecular weight excluding hydrogens is 342 g/mol. The summed E-state index contributed by atoms with van der Waals surface area (Å²) in [5.74, 6) is 0.224. The number of thiophene rings is 1. The van der Waals surface area contributed by atoms with Gasteiger partial charge in [-0.25, -0.2) is 0 Å². The zero-order chi connectivity index (χ0) is 16.9. The topological polar surface area (TPSA) is 72.7 Å². The van der Waals surface area contributed by atoms with Crippen molar-refractivity contribution in [2.24, 2.45) is 0 Å². The predicted molar refractivity (Wildman–Crippen MR) is 95.5 cm³/mol. The number of aromatic nitrogens is 4. The first-order chi connectivity index (χ1) is 11.6. The Labute approximate surface area is 148 Å². The monoisotopic (exact) mass is 359 g/mol. The summed E-state index contributed by atoms with van der Waals surface area (Å²) >= 11 is 2.95. The Balaban J connectivity index is 1.63. The van der Waals surface area contributed by atoms with E-state index in [1.807, 2.05) is 55.6 Å². The van der Waals surface area contributed by atoms with Crippen molar-refractivity contribution in [1.29, 1.82) is 0 Å². The van der Waals surface area contributed by atoms with Crippen molar-refractivity contribution >= 4 is 29.0 Å². The van der Waals surface area contributed by atoms with Crippen LogP contribution in [0.5, 0.6) is 0 Å². The number of nitrogens with zero attached hydrogens (tertiary/aromatic N) is 4. The summed E-state index contributed by atoms with van der Waals surface area (Å²) in [5, 5.41) is 17.4. The first-order valence-corrected chi connectivity index (χ1v) is 9.31. The third kappa shape index (κ3) is 3.82. The Morgan fingerprint density at radius 3 is 2.92 bits per heavy atom. The predicted octanol–water partition coefficient (Wildman–Crippen LogP) is 3.00. The SMILES string of the molecule is Cc1ccccc1-n1nnnc1SCC(=O)N[C@@H](C)c1cccs1. The second-order valence-electron chi connectivity index (χ2n) is 5.25. The molecule has 0 spiro atoms. The third-order valence-corrected chi connectivity index (χ3v) is 5.44. The molecule has 1 N–H and O–H groups in total. The van der Waals surface area contributed by atoms with Gasteiger partial charge in [0.2, 0.25) is 11.1 Å². The molecule has 2 aromatic heterocycles. The van der Waals surface area contributed by atoms with E-state index in [1.54, 1.807) is 16.0 Å². The van der Waals surface area contributed by atoms with Gasteiger partial charge in [0, 0.05) is 4.88 Å². The lowest BCUT2D eigenvalue weighted by molar-refractivity contribution is -0.119. The zero-order valence-electron chi connectivity index (χ0n) is 13.3. The van der Waals surface area contributed by atoms with Crippen molar-refractivity contribution in [2.75, 3.05) is 5.75 Å². The molecule has 0 aliphatic rings. The number of carbonyl (C=O) groups is 1. The number of amides is 1. The Morgan fingerprint density at radius 1 is 1.33 bits per heavy atom. The number of aryl methyl sites for hydroxylation is 1. The smallest absolute Gasteiger partial charge is 0.230 e. The summed E-state index contributed by atoms with van der Waals surface area (Å²) in [6.45, 7) is 3.98. The van der Waals surface area contributed by atoms with Crippen molar-refractivity contribution in [2.45, 2.75) is 25.0 Å². The van der Waals surface area contributed by atoms with Gasteiger partial charge in [0.15, 0.2) is 0 Å². The second kappa shape index (κ2) is 7.59. The minimum atomic E-state index is -0.0415. The van der Waals surface area contributed by atoms with E-state index in [0.717, 1.165) is 16.1 Å². The van der Waals surface area contributed by atoms with Gasteiger partial charge in [0.1, 0.15) is 0 Å². The van der Waals surface area contributed by atoms with Gasteiger partial charge < -0.3 is 5.32 Å². The first-order valence-electron chi connectivity index (χ1n) is 7.45. The van der Waals surface area contributed by atoms with Crippen molar-refractivity contribution in [3.05, 3.63) is 52.2 Å². The van der Waals surface area contributed by atoms with Crippen LogP contribution in [0.4, 0.5) is 0 Å². The average molecular weight is 359 g/mol. The van der Waals surface area contributed by atoms with Gasteiger partial charge in [0.05, 0.1) is 17.5 Å². The molecule has 0 unspecified atom stereocenters. The number of benzene rings is 1. The molecule has 0 aliphatic heterocycles. The van der Waals surface area contributed by atoms with Crippen LogP contribution in [0.1, 0.15) is 23.4 Å². The van der Waals surface area contributed by atoms with E-state index in [0.29, 0.717) is 5.16 Å². The molecule has 0 aliphatic carbocycles. The molecule has 1 amide bonds. The highest BCUT2D eigenvalue weighted by molar-refractivity contribution is 7.99. The number of carbonyl (C=O) groups excluding carboxylic acids is 1. The van der Waals surface area contributed by atoms with Gasteiger partial charge in [0.25, 0.3) is 0 Å². The molecule has 0 saturated heterocycles. The zero-order valence-corrected chi connectivity index (χ0v) is 15.0. The van der Waals surface area contributed by atoms with Crippen LogP contribution in [0.3, 0.4) is 0 Å². The maximum absolute atomic E-state index is 12.2. The van der Waals surface area contributed by atoms with Crippen LogP contribution in [-0.2, 0) is 4.79 Å². The van der Waals surface area contributed by atoms with E-state index in [1.165, 1.54) is 11.8 Å². The summed E-state index contributed by atoms with van der Waals surface area (Å²) in [6.07, 6.45) is 0. The number of rotatable bonds is 6. The summed E-state index contributed by atoms with van der Waals surface area (Å²) in [5.41, 5.74) is 1.99. The van der Waals surface area contributed by atoms with Crippen molar-refractivity contribution in [1.82, 2.24) is 25.5 Å². The molecular formula is C16H17N5OS2. The van der Waals surface area contributed by atoms with Crippen molar-refractivity contribution in [3.8, 4) is 5.69 Å². The maximum atomic E-state index is 12.2. The highest BCUT2D eigenvalue weighted by atomic mass is 32.2. The van der Waals surface area contributed by atoms with Gasteiger partial charge in [-0.3, -0.25) is 4.79 Å². The highest BCUT2D eigenvalue weighted by Crippen LogP contribution is 2.21. The normalized spacial score (nSPS) is 12.1. The second-order valence-corrected chi connectivity index (χ2v) is 7.17. The van der Waals surface area contributed by atoms with Gasteiger partial charge in [-0.05, 0) is 47.4 Å². The Bertz CT molecular complexity index is 816. The minimum Gasteiger partial charge on any atom is -0.348 e. The molecule has 1 aromatic carbocycles. The Hall–Kier alpha value is -2.19. The minimum absolute atomic E-state index is 0.00506. The lowest BCUT2D eigenvalue weighted by Crippen LogP contribution is -2.27. The Morgan fingerprint density at radius 2 is 2.17 bits per heavy atom. The lowest BCUT2D eigenvalue weighted by Gasteiger charge is -2.12. The quantitative estimate of drug-likeness (QED) is 0.685. The van der Waals surface area contributed by atoms with Crippen molar-refractivity contribution in [3.63, 3.8) is 0 Å². The standard InChI is InChI=1S/C16H17N5OS2/c1-11-6-3-4-7-13(11)21-16(18-19-20-21)24-10-15(22)17-12(2)14-8-5-9-23-14/h3-9,12H,10H2,1-2H3,(H,17,22)/t12-/m0/s1. The molecule has 2 heterocycles. The molecule has 0 fully saturated rings. The molecule has 3 rings (SSSR count). The van der Waals surface area contributed by atoms with Gasteiger partial charge in [-0.1, -0.05) is 36.0 Å². The van der Waals surface area contributed by atoms with Crippen LogP contribution in [0.2, 0.25) is 0 Å². The van der Waals surface area contributed by atoms with Crippen LogP contribution in [-0.4, -0.2) is 31.9 Å². The van der Waals surface area contributed by atoms with Crippen LogP contribution in [0, 0.1) is 6.92 Å². The maximum Gasteiger partial charge on any atom is 0.230 e. The summed E-state index contributed by atoms with van der Waals surface area (Å²) < 4.78 is 1.66. The number of hydrogen-bond donors (Lipinski definition) is 1. The fraction of sp³-hybridized carbons (Fsp3) is 0.250. The molecule has 24 heavy (non-hydrogen) atoms. The van der Waals surface area contributed by atoms with Crippen LogP contribution in [0.25, 0.3) is 5.69 Å². The molecule has 3 aromatic rings. The number of para-hydroxylation sites is 1. The van der Waals surface area contributed by atoms with Crippen LogP contribution in [0.15, 0.2) is 46.9 Å². The van der Waals surface area contributed by atoms with Gasteiger partial charge in [-0.15, -0.1) is 16.4 Å². The summed E-state index contributed by atoms with van der Waals surface area (Å²) in [4.78, 5) is 13.3. The summed E-state index contributed by atoms with van der Waals surface area (Å²) in [7, 11) is 0. The molecule has 0 bridgehead atoms. The van der Waals surface area contributed by atoms with E-state index in [2.05, 4.69) is 20.8 Å². The fourth-order valence-electron chi connectivity index (χ4n) is 2.24. The molecule has 8 heteroatoms. The summed E-state index contributed by atoms with van der Waals surface area (Å²) in [6, 6.07) is 11.9. The average Bonchev–Trinajstić information content (AvgIpc) is 3.25. The van der Waals surface area contributed by atoms with E-state index in [9.17, 15) is 4.79 Å². The van der Waals surface area contributed by atoms with E-state index < -0.39 is 0 Å². The van der Waals surface area contributed by atoms with Crippen LogP contribution < -0.4 is 5.32 Å². The highest BCUT2D eigenvalue weighted by Gasteiger charge is 2.15. The van der Waals surface area contributed by atoms with Crippen molar-refractivity contribution < 1.29 is 4.79 Å². The fourth-order valence-corrected chi connectivity index (χ4v) is 3.67. The number of nitrogens with one attached hydrogen (secondary N) is 1. The van der Waals surface area contributed by atoms with E-state index >= 15 is 0 Å². The first kappa shape index (κ1) is 16.7. The van der Waals surface area contributed by atoms with Gasteiger partial charge in [-0.2, -0.15) is 4.68 Å². The molecule has 6 nitrogen and oxygen atoms in total. The lowest BCUT2D eigenvalue weighted by atomic mass is 10.2. The Kier molecular flexibility index (Phi) is 5.27. The third-order valence-electron chi connectivity index (χ3n) is 3.46. The van der Waals surface area contributed by atoms with Gasteiger partial charge >= 0.3 is 0 Å². The van der Waals surface area contributed by atoms with E-state index in [4.69, 9.17) is 0 Å². The number of hydrogen-bond acceptors (Lipinski definition) is 6. The molecule has 0 radical (unpaired) electrons. The van der Waals surface area contributed by atoms with Crippen LogP contribution >= 0.6 is 23.1 Å². The largest absolute Gasteiger partial charge is 0.348 e. The van der Waals surface area contributed by atoms with E-state index in [-0.39, 0.29) is 17.7 Å². The number of tetrazole rings is 1. The number of thioether (sulfide) groups is 1. The molecule has 1 atom stereocenters. The molecule has 0 saturated carbocycles.